The van der Waals surface area contributed by atoms with E-state index in [9.17, 15) is 18.0 Å². The van der Waals surface area contributed by atoms with Crippen molar-refractivity contribution in [2.45, 2.75) is 19.0 Å². The third kappa shape index (κ3) is 5.30. The molecule has 0 fully saturated rings. The van der Waals surface area contributed by atoms with Gasteiger partial charge in [-0.15, -0.1) is 0 Å². The zero-order valence-electron chi connectivity index (χ0n) is 10.00. The van der Waals surface area contributed by atoms with Crippen molar-refractivity contribution in [1.82, 2.24) is 0 Å². The predicted molar refractivity (Wildman–Crippen MR) is 65.9 cm³/mol. The number of ether oxygens (including phenoxy) is 1. The van der Waals surface area contributed by atoms with E-state index < -0.39 is 24.3 Å². The Bertz CT molecular complexity index is 469. The van der Waals surface area contributed by atoms with Gasteiger partial charge in [0.05, 0.1) is 19.2 Å². The molecule has 0 N–H and O–H groups in total. The Labute approximate surface area is 113 Å². The number of methoxy groups -OCH3 is 1. The van der Waals surface area contributed by atoms with Gasteiger partial charge in [0.15, 0.2) is 0 Å². The van der Waals surface area contributed by atoms with Crippen molar-refractivity contribution in [1.29, 1.82) is 0 Å². The molecular formula is C12H11ClF3NO2. The van der Waals surface area contributed by atoms with E-state index in [1.54, 1.807) is 0 Å². The van der Waals surface area contributed by atoms with Crippen LogP contribution in [0.2, 0.25) is 5.02 Å². The van der Waals surface area contributed by atoms with Crippen LogP contribution in [-0.4, -0.2) is 25.0 Å². The van der Waals surface area contributed by atoms with E-state index in [2.05, 4.69) is 9.73 Å². The molecule has 0 saturated heterocycles. The van der Waals surface area contributed by atoms with Crippen LogP contribution in [0.25, 0.3) is 0 Å². The molecule has 0 bridgehead atoms. The van der Waals surface area contributed by atoms with Crippen molar-refractivity contribution < 1.29 is 22.7 Å². The topological polar surface area (TPSA) is 38.7 Å². The molecule has 0 unspecified atom stereocenters. The van der Waals surface area contributed by atoms with Gasteiger partial charge in [0.25, 0.3) is 0 Å². The van der Waals surface area contributed by atoms with Gasteiger partial charge in [-0.3, -0.25) is 4.79 Å². The monoisotopic (exact) mass is 293 g/mol. The predicted octanol–water partition coefficient (Wildman–Crippen LogP) is 3.93. The maximum Gasteiger partial charge on any atom is 0.429 e. The van der Waals surface area contributed by atoms with Crippen LogP contribution < -0.4 is 0 Å². The third-order valence-corrected chi connectivity index (χ3v) is 2.46. The van der Waals surface area contributed by atoms with E-state index in [0.29, 0.717) is 5.02 Å². The number of alkyl halides is 3. The normalized spacial score (nSPS) is 12.4. The van der Waals surface area contributed by atoms with Crippen LogP contribution in [0.3, 0.4) is 0 Å². The number of hydrogen-bond acceptors (Lipinski definition) is 3. The first-order valence-corrected chi connectivity index (χ1v) is 5.68. The minimum atomic E-state index is -4.59. The van der Waals surface area contributed by atoms with E-state index in [1.807, 2.05) is 0 Å². The lowest BCUT2D eigenvalue weighted by atomic mass is 10.2. The summed E-state index contributed by atoms with van der Waals surface area (Å²) in [5, 5.41) is 0.405. The SMILES string of the molecule is COC(=O)CCC(=Nc1ccc(Cl)cc1)C(F)(F)F. The second kappa shape index (κ2) is 6.56. The molecule has 0 spiro atoms. The quantitative estimate of drug-likeness (QED) is 0.623. The average Bonchev–Trinajstić information content (AvgIpc) is 2.34. The molecular weight excluding hydrogens is 283 g/mol. The lowest BCUT2D eigenvalue weighted by Gasteiger charge is -2.10. The molecule has 1 aromatic carbocycles. The summed E-state index contributed by atoms with van der Waals surface area (Å²) in [5.41, 5.74) is -0.901. The molecule has 0 aliphatic rings. The molecule has 0 aromatic heterocycles. The Morgan fingerprint density at radius 2 is 1.84 bits per heavy atom. The first kappa shape index (κ1) is 15.5. The van der Waals surface area contributed by atoms with Gasteiger partial charge in [-0.1, -0.05) is 11.6 Å². The molecule has 0 atom stereocenters. The van der Waals surface area contributed by atoms with Crippen LogP contribution in [0.15, 0.2) is 29.3 Å². The van der Waals surface area contributed by atoms with Gasteiger partial charge in [0.1, 0.15) is 5.71 Å². The van der Waals surface area contributed by atoms with E-state index >= 15 is 0 Å². The molecule has 0 radical (unpaired) electrons. The summed E-state index contributed by atoms with van der Waals surface area (Å²) in [6, 6.07) is 5.61. The number of carbonyl (C=O) groups is 1. The summed E-state index contributed by atoms with van der Waals surface area (Å²) >= 11 is 5.63. The smallest absolute Gasteiger partial charge is 0.429 e. The lowest BCUT2D eigenvalue weighted by molar-refractivity contribution is -0.140. The maximum absolute atomic E-state index is 12.7. The van der Waals surface area contributed by atoms with E-state index in [1.165, 1.54) is 24.3 Å². The number of hydrogen-bond donors (Lipinski definition) is 0. The Balaban J connectivity index is 2.90. The van der Waals surface area contributed by atoms with Crippen molar-refractivity contribution in [2.75, 3.05) is 7.11 Å². The highest BCUT2D eigenvalue weighted by Crippen LogP contribution is 2.25. The van der Waals surface area contributed by atoms with Gasteiger partial charge in [-0.25, -0.2) is 4.99 Å². The van der Waals surface area contributed by atoms with Crippen molar-refractivity contribution in [3.8, 4) is 0 Å². The molecule has 1 rings (SSSR count). The number of aliphatic imine (C=N–C) groups is 1. The fourth-order valence-corrected chi connectivity index (χ4v) is 1.38. The van der Waals surface area contributed by atoms with Gasteiger partial charge in [0, 0.05) is 11.4 Å². The number of esters is 1. The summed E-state index contributed by atoms with van der Waals surface area (Å²) in [6.07, 6.45) is -5.49. The van der Waals surface area contributed by atoms with E-state index in [-0.39, 0.29) is 12.1 Å². The number of halogens is 4. The minimum Gasteiger partial charge on any atom is -0.469 e. The first-order chi connectivity index (χ1) is 8.82. The summed E-state index contributed by atoms with van der Waals surface area (Å²) in [6.45, 7) is 0. The molecule has 0 amide bonds. The number of rotatable bonds is 4. The maximum atomic E-state index is 12.7. The first-order valence-electron chi connectivity index (χ1n) is 5.30. The molecule has 19 heavy (non-hydrogen) atoms. The molecule has 0 heterocycles. The summed E-state index contributed by atoms with van der Waals surface area (Å²) in [5.74, 6) is -0.715. The Kier molecular flexibility index (Phi) is 5.35. The van der Waals surface area contributed by atoms with Gasteiger partial charge >= 0.3 is 12.1 Å². The molecule has 104 valence electrons. The molecule has 3 nitrogen and oxygen atoms in total. The van der Waals surface area contributed by atoms with E-state index in [4.69, 9.17) is 11.6 Å². The average molecular weight is 294 g/mol. The number of nitrogens with zero attached hydrogens (tertiary/aromatic N) is 1. The minimum absolute atomic E-state index is 0.126. The molecule has 0 aliphatic heterocycles. The standard InChI is InChI=1S/C12H11ClF3NO2/c1-19-11(18)7-6-10(12(14,15)16)17-9-4-2-8(13)3-5-9/h2-5H,6-7H2,1H3. The van der Waals surface area contributed by atoms with Crippen LogP contribution in [0.4, 0.5) is 18.9 Å². The van der Waals surface area contributed by atoms with Crippen molar-refractivity contribution in [3.05, 3.63) is 29.3 Å². The molecule has 0 aliphatic carbocycles. The second-order valence-electron chi connectivity index (χ2n) is 3.61. The lowest BCUT2D eigenvalue weighted by Crippen LogP contribution is -2.23. The van der Waals surface area contributed by atoms with Gasteiger partial charge in [-0.05, 0) is 24.3 Å². The molecule has 1 aromatic rings. The van der Waals surface area contributed by atoms with Crippen molar-refractivity contribution >= 4 is 29.0 Å². The fraction of sp³-hybridized carbons (Fsp3) is 0.333. The van der Waals surface area contributed by atoms with Crippen LogP contribution >= 0.6 is 11.6 Å². The van der Waals surface area contributed by atoms with Crippen molar-refractivity contribution in [2.24, 2.45) is 4.99 Å². The van der Waals surface area contributed by atoms with Crippen LogP contribution in [0.5, 0.6) is 0 Å². The van der Waals surface area contributed by atoms with Gasteiger partial charge in [-0.2, -0.15) is 13.2 Å². The van der Waals surface area contributed by atoms with Gasteiger partial charge in [0.2, 0.25) is 0 Å². The zero-order valence-corrected chi connectivity index (χ0v) is 10.8. The molecule has 7 heteroatoms. The Morgan fingerprint density at radius 1 is 1.26 bits per heavy atom. The number of carbonyl (C=O) groups excluding carboxylic acids is 1. The van der Waals surface area contributed by atoms with Crippen molar-refractivity contribution in [3.63, 3.8) is 0 Å². The Morgan fingerprint density at radius 3 is 2.32 bits per heavy atom. The second-order valence-corrected chi connectivity index (χ2v) is 4.05. The highest BCUT2D eigenvalue weighted by molar-refractivity contribution is 6.30. The van der Waals surface area contributed by atoms with Crippen LogP contribution in [-0.2, 0) is 9.53 Å². The highest BCUT2D eigenvalue weighted by Gasteiger charge is 2.35. The van der Waals surface area contributed by atoms with E-state index in [0.717, 1.165) is 7.11 Å². The largest absolute Gasteiger partial charge is 0.469 e. The summed E-state index contributed by atoms with van der Waals surface area (Å²) in [7, 11) is 1.12. The fourth-order valence-electron chi connectivity index (χ4n) is 1.26. The highest BCUT2D eigenvalue weighted by atomic mass is 35.5. The summed E-state index contributed by atoms with van der Waals surface area (Å²) in [4.78, 5) is 14.4. The molecule has 0 saturated carbocycles. The third-order valence-electron chi connectivity index (χ3n) is 2.21. The zero-order chi connectivity index (χ0) is 14.5. The van der Waals surface area contributed by atoms with Crippen LogP contribution in [0.1, 0.15) is 12.8 Å². The van der Waals surface area contributed by atoms with Crippen LogP contribution in [0, 0.1) is 0 Å². The Hall–Kier alpha value is -1.56. The summed E-state index contributed by atoms with van der Waals surface area (Å²) < 4.78 is 42.5. The van der Waals surface area contributed by atoms with Gasteiger partial charge < -0.3 is 4.74 Å². The number of benzene rings is 1.